The number of methoxy groups -OCH3 is 3. The summed E-state index contributed by atoms with van der Waals surface area (Å²) < 4.78 is 16.4. The molecule has 0 unspecified atom stereocenters. The van der Waals surface area contributed by atoms with Crippen LogP contribution in [-0.2, 0) is 0 Å². The number of anilines is 1. The number of aromatic nitrogens is 1. The molecule has 0 radical (unpaired) electrons. The molecule has 1 aromatic heterocycles. The zero-order valence-corrected chi connectivity index (χ0v) is 19.7. The van der Waals surface area contributed by atoms with E-state index in [9.17, 15) is 9.59 Å². The number of hydrogen-bond donors (Lipinski definition) is 1. The predicted molar refractivity (Wildman–Crippen MR) is 126 cm³/mol. The largest absolute Gasteiger partial charge is 0.493 e. The number of piperazine rings is 1. The van der Waals surface area contributed by atoms with E-state index in [0.717, 1.165) is 32.7 Å². The van der Waals surface area contributed by atoms with E-state index in [1.807, 2.05) is 0 Å². The van der Waals surface area contributed by atoms with Crippen LogP contribution in [0, 0.1) is 0 Å². The Balaban J connectivity index is 1.85. The minimum atomic E-state index is -0.385. The molecule has 1 saturated heterocycles. The van der Waals surface area contributed by atoms with Crippen LogP contribution in [0.4, 0.5) is 5.69 Å². The molecule has 9 heteroatoms. The summed E-state index contributed by atoms with van der Waals surface area (Å²) >= 11 is 0. The van der Waals surface area contributed by atoms with E-state index in [1.165, 1.54) is 27.5 Å². The smallest absolute Gasteiger partial charge is 0.257 e. The van der Waals surface area contributed by atoms with Crippen LogP contribution in [0.2, 0.25) is 0 Å². The van der Waals surface area contributed by atoms with Gasteiger partial charge in [0, 0.05) is 51.1 Å². The van der Waals surface area contributed by atoms with Gasteiger partial charge in [0.05, 0.1) is 38.1 Å². The van der Waals surface area contributed by atoms with Crippen molar-refractivity contribution in [3.8, 4) is 17.2 Å². The lowest BCUT2D eigenvalue weighted by Gasteiger charge is -2.32. The zero-order chi connectivity index (χ0) is 23.8. The minimum Gasteiger partial charge on any atom is -0.493 e. The van der Waals surface area contributed by atoms with Crippen LogP contribution in [-0.4, -0.2) is 87.6 Å². The lowest BCUT2D eigenvalue weighted by molar-refractivity contribution is 0.0964. The molecule has 3 rings (SSSR count). The van der Waals surface area contributed by atoms with Gasteiger partial charge in [-0.2, -0.15) is 0 Å². The van der Waals surface area contributed by atoms with Gasteiger partial charge in [0.25, 0.3) is 5.91 Å². The fourth-order valence-corrected chi connectivity index (χ4v) is 3.88. The SMILES string of the molecule is COc1cc(NC(=O)c2cccnc2)c(C(=O)CCCN2CCN(C)CC2)c(OC)c1OC. The number of carbonyl (C=O) groups is 2. The molecule has 1 fully saturated rings. The van der Waals surface area contributed by atoms with E-state index in [0.29, 0.717) is 35.6 Å². The minimum absolute atomic E-state index is 0.136. The third-order valence-corrected chi connectivity index (χ3v) is 5.75. The van der Waals surface area contributed by atoms with Gasteiger partial charge < -0.3 is 29.3 Å². The number of pyridine rings is 1. The van der Waals surface area contributed by atoms with Crippen molar-refractivity contribution in [1.82, 2.24) is 14.8 Å². The molecule has 33 heavy (non-hydrogen) atoms. The quantitative estimate of drug-likeness (QED) is 0.546. The van der Waals surface area contributed by atoms with Gasteiger partial charge in [-0.1, -0.05) is 0 Å². The summed E-state index contributed by atoms with van der Waals surface area (Å²) in [7, 11) is 6.55. The number of Topliss-reactive ketones (excluding diaryl/α,β-unsaturated/α-hetero) is 1. The fraction of sp³-hybridized carbons (Fsp3) is 0.458. The second-order valence-electron chi connectivity index (χ2n) is 7.94. The van der Waals surface area contributed by atoms with Gasteiger partial charge in [0.2, 0.25) is 5.75 Å². The Hall–Kier alpha value is -3.17. The van der Waals surface area contributed by atoms with E-state index in [2.05, 4.69) is 27.1 Å². The summed E-state index contributed by atoms with van der Waals surface area (Å²) in [6.45, 7) is 4.89. The molecule has 9 nitrogen and oxygen atoms in total. The summed E-state index contributed by atoms with van der Waals surface area (Å²) in [6.07, 6.45) is 4.07. The van der Waals surface area contributed by atoms with Gasteiger partial charge in [-0.25, -0.2) is 0 Å². The van der Waals surface area contributed by atoms with Crippen LogP contribution < -0.4 is 19.5 Å². The van der Waals surface area contributed by atoms with Crippen LogP contribution in [0.15, 0.2) is 30.6 Å². The van der Waals surface area contributed by atoms with Crippen molar-refractivity contribution >= 4 is 17.4 Å². The first-order valence-electron chi connectivity index (χ1n) is 11.0. The van der Waals surface area contributed by atoms with Crippen molar-refractivity contribution in [3.63, 3.8) is 0 Å². The van der Waals surface area contributed by atoms with E-state index in [4.69, 9.17) is 14.2 Å². The maximum absolute atomic E-state index is 13.4. The van der Waals surface area contributed by atoms with Crippen LogP contribution >= 0.6 is 0 Å². The third kappa shape index (κ3) is 6.00. The van der Waals surface area contributed by atoms with Gasteiger partial charge in [0.15, 0.2) is 17.3 Å². The van der Waals surface area contributed by atoms with Crippen LogP contribution in [0.1, 0.15) is 33.6 Å². The normalized spacial score (nSPS) is 14.5. The molecule has 2 heterocycles. The van der Waals surface area contributed by atoms with Gasteiger partial charge in [-0.15, -0.1) is 0 Å². The van der Waals surface area contributed by atoms with Crippen molar-refractivity contribution in [1.29, 1.82) is 0 Å². The Labute approximate surface area is 194 Å². The average Bonchev–Trinajstić information content (AvgIpc) is 2.84. The lowest BCUT2D eigenvalue weighted by Crippen LogP contribution is -2.44. The molecular formula is C24H32N4O5. The number of likely N-dealkylation sites (N-methyl/N-ethyl adjacent to an activating group) is 1. The van der Waals surface area contributed by atoms with Crippen LogP contribution in [0.25, 0.3) is 0 Å². The summed E-state index contributed by atoms with van der Waals surface area (Å²) in [4.78, 5) is 34.8. The predicted octanol–water partition coefficient (Wildman–Crippen LogP) is 2.57. The first-order valence-corrected chi connectivity index (χ1v) is 11.0. The lowest BCUT2D eigenvalue weighted by atomic mass is 10.0. The van der Waals surface area contributed by atoms with Gasteiger partial charge in [-0.05, 0) is 32.1 Å². The molecule has 1 N–H and O–H groups in total. The molecule has 1 amide bonds. The maximum Gasteiger partial charge on any atom is 0.257 e. The zero-order valence-electron chi connectivity index (χ0n) is 19.7. The number of ether oxygens (including phenoxy) is 3. The Morgan fingerprint density at radius 2 is 1.79 bits per heavy atom. The fourth-order valence-electron chi connectivity index (χ4n) is 3.88. The number of amides is 1. The Morgan fingerprint density at radius 1 is 1.06 bits per heavy atom. The van der Waals surface area contributed by atoms with Gasteiger partial charge in [-0.3, -0.25) is 14.6 Å². The highest BCUT2D eigenvalue weighted by molar-refractivity contribution is 6.11. The standard InChI is InChI=1S/C24H32N4O5/c1-27-11-13-28(14-12-27)10-6-8-19(29)21-18(26-24(30)17-7-5-9-25-16-17)15-20(31-2)22(32-3)23(21)33-4/h5,7,9,15-16H,6,8,10-14H2,1-4H3,(H,26,30). The highest BCUT2D eigenvalue weighted by Crippen LogP contribution is 2.44. The number of rotatable bonds is 10. The molecule has 178 valence electrons. The van der Waals surface area contributed by atoms with E-state index >= 15 is 0 Å². The van der Waals surface area contributed by atoms with Gasteiger partial charge in [0.1, 0.15) is 0 Å². The van der Waals surface area contributed by atoms with E-state index in [-0.39, 0.29) is 23.0 Å². The molecule has 1 aliphatic heterocycles. The van der Waals surface area contributed by atoms with Crippen molar-refractivity contribution in [2.24, 2.45) is 0 Å². The Kier molecular flexibility index (Phi) is 8.62. The summed E-state index contributed by atoms with van der Waals surface area (Å²) in [5.41, 5.74) is 0.952. The molecule has 0 atom stereocenters. The van der Waals surface area contributed by atoms with Crippen molar-refractivity contribution < 1.29 is 23.8 Å². The number of nitrogens with zero attached hydrogens (tertiary/aromatic N) is 3. The molecular weight excluding hydrogens is 424 g/mol. The monoisotopic (exact) mass is 456 g/mol. The molecule has 0 aliphatic carbocycles. The summed E-state index contributed by atoms with van der Waals surface area (Å²) in [6, 6.07) is 4.91. The summed E-state index contributed by atoms with van der Waals surface area (Å²) in [5, 5.41) is 2.82. The van der Waals surface area contributed by atoms with E-state index in [1.54, 1.807) is 24.4 Å². The number of ketones is 1. The molecule has 1 aromatic carbocycles. The first-order chi connectivity index (χ1) is 16.0. The maximum atomic E-state index is 13.4. The highest BCUT2D eigenvalue weighted by atomic mass is 16.5. The molecule has 0 spiro atoms. The molecule has 0 saturated carbocycles. The second kappa shape index (κ2) is 11.6. The number of benzene rings is 1. The van der Waals surface area contributed by atoms with Crippen LogP contribution in [0.5, 0.6) is 17.2 Å². The summed E-state index contributed by atoms with van der Waals surface area (Å²) in [5.74, 6) is 0.377. The third-order valence-electron chi connectivity index (χ3n) is 5.75. The van der Waals surface area contributed by atoms with Crippen molar-refractivity contribution in [2.45, 2.75) is 12.8 Å². The van der Waals surface area contributed by atoms with E-state index < -0.39 is 0 Å². The van der Waals surface area contributed by atoms with Gasteiger partial charge >= 0.3 is 0 Å². The Bertz CT molecular complexity index is 959. The first kappa shape index (κ1) is 24.5. The number of nitrogens with one attached hydrogen (secondary N) is 1. The number of carbonyl (C=O) groups excluding carboxylic acids is 2. The van der Waals surface area contributed by atoms with Crippen molar-refractivity contribution in [3.05, 3.63) is 41.7 Å². The Morgan fingerprint density at radius 3 is 2.39 bits per heavy atom. The second-order valence-corrected chi connectivity index (χ2v) is 7.94. The number of hydrogen-bond acceptors (Lipinski definition) is 8. The van der Waals surface area contributed by atoms with Crippen molar-refractivity contribution in [2.75, 3.05) is 66.4 Å². The average molecular weight is 457 g/mol. The molecule has 1 aliphatic rings. The topological polar surface area (TPSA) is 93.2 Å². The highest BCUT2D eigenvalue weighted by Gasteiger charge is 2.26. The molecule has 0 bridgehead atoms. The molecule has 2 aromatic rings. The van der Waals surface area contributed by atoms with Crippen LogP contribution in [0.3, 0.4) is 0 Å².